The molecule has 0 radical (unpaired) electrons. The molecule has 0 spiro atoms. The quantitative estimate of drug-likeness (QED) is 0.900. The maximum atomic E-state index is 11.2. The molecular formula is C15H16N4O2. The number of nitrogen functional groups attached to an aromatic ring is 1. The van der Waals surface area contributed by atoms with E-state index >= 15 is 0 Å². The van der Waals surface area contributed by atoms with E-state index in [9.17, 15) is 4.79 Å². The third kappa shape index (κ3) is 3.28. The molecule has 0 saturated heterocycles. The van der Waals surface area contributed by atoms with Crippen LogP contribution in [0.4, 0.5) is 11.5 Å². The highest BCUT2D eigenvalue weighted by Crippen LogP contribution is 2.39. The summed E-state index contributed by atoms with van der Waals surface area (Å²) in [5.41, 5.74) is 6.39. The zero-order valence-corrected chi connectivity index (χ0v) is 11.7. The van der Waals surface area contributed by atoms with Gasteiger partial charge in [-0.2, -0.15) is 4.98 Å². The Morgan fingerprint density at radius 2 is 2.10 bits per heavy atom. The van der Waals surface area contributed by atoms with Gasteiger partial charge in [-0.3, -0.25) is 4.79 Å². The van der Waals surface area contributed by atoms with Crippen LogP contribution in [0.5, 0.6) is 11.6 Å². The average molecular weight is 284 g/mol. The van der Waals surface area contributed by atoms with E-state index in [2.05, 4.69) is 15.3 Å². The summed E-state index contributed by atoms with van der Waals surface area (Å²) in [6.45, 7) is 1.45. The van der Waals surface area contributed by atoms with Gasteiger partial charge in [0.2, 0.25) is 11.8 Å². The third-order valence-electron chi connectivity index (χ3n) is 3.09. The highest BCUT2D eigenvalue weighted by Gasteiger charge is 2.27. The van der Waals surface area contributed by atoms with Crippen molar-refractivity contribution in [3.05, 3.63) is 36.2 Å². The molecule has 0 unspecified atom stereocenters. The van der Waals surface area contributed by atoms with Gasteiger partial charge >= 0.3 is 0 Å². The Morgan fingerprint density at radius 3 is 2.81 bits per heavy atom. The minimum Gasteiger partial charge on any atom is -0.437 e. The highest BCUT2D eigenvalue weighted by molar-refractivity contribution is 5.90. The van der Waals surface area contributed by atoms with E-state index in [1.54, 1.807) is 18.2 Å². The number of nitrogens with two attached hydrogens (primary N) is 1. The van der Waals surface area contributed by atoms with Crippen LogP contribution >= 0.6 is 0 Å². The lowest BCUT2D eigenvalue weighted by atomic mass is 10.3. The van der Waals surface area contributed by atoms with Gasteiger partial charge in [0, 0.05) is 18.9 Å². The van der Waals surface area contributed by atoms with Gasteiger partial charge in [-0.15, -0.1) is 0 Å². The SMILES string of the molecule is CC(=O)Nc1ccccc1Oc1cc(N)nc(C2CC2)n1. The number of ether oxygens (including phenoxy) is 1. The van der Waals surface area contributed by atoms with Gasteiger partial charge < -0.3 is 15.8 Å². The number of amides is 1. The molecule has 0 bridgehead atoms. The van der Waals surface area contributed by atoms with Crippen molar-refractivity contribution in [2.45, 2.75) is 25.7 Å². The number of benzene rings is 1. The van der Waals surface area contributed by atoms with Gasteiger partial charge in [-0.1, -0.05) is 12.1 Å². The molecule has 1 fully saturated rings. The maximum absolute atomic E-state index is 11.2. The van der Waals surface area contributed by atoms with Crippen molar-refractivity contribution in [3.8, 4) is 11.6 Å². The van der Waals surface area contributed by atoms with E-state index in [0.29, 0.717) is 29.1 Å². The first-order valence-electron chi connectivity index (χ1n) is 6.81. The molecule has 3 N–H and O–H groups in total. The number of carbonyl (C=O) groups excluding carboxylic acids is 1. The summed E-state index contributed by atoms with van der Waals surface area (Å²) in [6.07, 6.45) is 2.18. The molecule has 1 saturated carbocycles. The molecule has 1 aromatic carbocycles. The number of nitrogens with one attached hydrogen (secondary N) is 1. The van der Waals surface area contributed by atoms with Crippen LogP contribution in [0.1, 0.15) is 31.5 Å². The molecular weight excluding hydrogens is 268 g/mol. The highest BCUT2D eigenvalue weighted by atomic mass is 16.5. The van der Waals surface area contributed by atoms with E-state index in [1.807, 2.05) is 12.1 Å². The van der Waals surface area contributed by atoms with Crippen LogP contribution < -0.4 is 15.8 Å². The van der Waals surface area contributed by atoms with E-state index in [-0.39, 0.29) is 5.91 Å². The fraction of sp³-hybridized carbons (Fsp3) is 0.267. The number of nitrogens with zero attached hydrogens (tertiary/aromatic N) is 2. The Bertz CT molecular complexity index is 683. The van der Waals surface area contributed by atoms with Crippen LogP contribution in [0.25, 0.3) is 0 Å². The topological polar surface area (TPSA) is 90.1 Å². The lowest BCUT2D eigenvalue weighted by Crippen LogP contribution is -2.07. The fourth-order valence-electron chi connectivity index (χ4n) is 2.00. The van der Waals surface area contributed by atoms with Crippen molar-refractivity contribution in [3.63, 3.8) is 0 Å². The summed E-state index contributed by atoms with van der Waals surface area (Å²) >= 11 is 0. The van der Waals surface area contributed by atoms with Crippen LogP contribution in [0.2, 0.25) is 0 Å². The fourth-order valence-corrected chi connectivity index (χ4v) is 2.00. The van der Waals surface area contributed by atoms with Gasteiger partial charge in [-0.25, -0.2) is 4.98 Å². The van der Waals surface area contributed by atoms with Crippen LogP contribution in [0.3, 0.4) is 0 Å². The van der Waals surface area contributed by atoms with Crippen LogP contribution in [-0.2, 0) is 4.79 Å². The van der Waals surface area contributed by atoms with Crippen molar-refractivity contribution in [1.82, 2.24) is 9.97 Å². The summed E-state index contributed by atoms with van der Waals surface area (Å²) < 4.78 is 5.76. The number of anilines is 2. The molecule has 1 amide bonds. The van der Waals surface area contributed by atoms with E-state index in [0.717, 1.165) is 18.7 Å². The summed E-state index contributed by atoms with van der Waals surface area (Å²) in [6, 6.07) is 8.76. The number of aromatic nitrogens is 2. The summed E-state index contributed by atoms with van der Waals surface area (Å²) in [5, 5.41) is 2.72. The lowest BCUT2D eigenvalue weighted by molar-refractivity contribution is -0.114. The Morgan fingerprint density at radius 1 is 1.33 bits per heavy atom. The van der Waals surface area contributed by atoms with Crippen molar-refractivity contribution < 1.29 is 9.53 Å². The van der Waals surface area contributed by atoms with Crippen LogP contribution in [0, 0.1) is 0 Å². The van der Waals surface area contributed by atoms with Gasteiger partial charge in [0.25, 0.3) is 0 Å². The molecule has 3 rings (SSSR count). The second-order valence-electron chi connectivity index (χ2n) is 5.04. The van der Waals surface area contributed by atoms with E-state index in [1.165, 1.54) is 6.92 Å². The zero-order valence-electron chi connectivity index (χ0n) is 11.7. The summed E-state index contributed by atoms with van der Waals surface area (Å²) in [5.74, 6) is 2.25. The molecule has 1 aliphatic carbocycles. The molecule has 6 nitrogen and oxygen atoms in total. The number of para-hydroxylation sites is 2. The largest absolute Gasteiger partial charge is 0.437 e. The molecule has 108 valence electrons. The molecule has 0 aliphatic heterocycles. The van der Waals surface area contributed by atoms with E-state index < -0.39 is 0 Å². The number of hydrogen-bond acceptors (Lipinski definition) is 5. The van der Waals surface area contributed by atoms with Gasteiger partial charge in [0.05, 0.1) is 5.69 Å². The zero-order chi connectivity index (χ0) is 14.8. The predicted octanol–water partition coefficient (Wildman–Crippen LogP) is 2.69. The first-order valence-corrected chi connectivity index (χ1v) is 6.81. The Kier molecular flexibility index (Phi) is 3.43. The predicted molar refractivity (Wildman–Crippen MR) is 79.2 cm³/mol. The maximum Gasteiger partial charge on any atom is 0.224 e. The molecule has 1 aliphatic rings. The molecule has 0 atom stereocenters. The molecule has 2 aromatic rings. The van der Waals surface area contributed by atoms with Crippen molar-refractivity contribution >= 4 is 17.4 Å². The Labute approximate surface area is 122 Å². The number of hydrogen-bond donors (Lipinski definition) is 2. The standard InChI is InChI=1S/C15H16N4O2/c1-9(20)17-11-4-2-3-5-12(11)21-14-8-13(16)18-15(19-14)10-6-7-10/h2-5,8,10H,6-7H2,1H3,(H,17,20)(H2,16,18,19). The van der Waals surface area contributed by atoms with Crippen molar-refractivity contribution in [2.24, 2.45) is 0 Å². The Hall–Kier alpha value is -2.63. The van der Waals surface area contributed by atoms with Gasteiger partial charge in [0.15, 0.2) is 5.75 Å². The smallest absolute Gasteiger partial charge is 0.224 e. The second-order valence-corrected chi connectivity index (χ2v) is 5.04. The monoisotopic (exact) mass is 284 g/mol. The molecule has 21 heavy (non-hydrogen) atoms. The van der Waals surface area contributed by atoms with Crippen LogP contribution in [-0.4, -0.2) is 15.9 Å². The normalized spacial score (nSPS) is 13.8. The molecule has 6 heteroatoms. The van der Waals surface area contributed by atoms with E-state index in [4.69, 9.17) is 10.5 Å². The van der Waals surface area contributed by atoms with Crippen LogP contribution in [0.15, 0.2) is 30.3 Å². The summed E-state index contributed by atoms with van der Waals surface area (Å²) in [4.78, 5) is 19.8. The average Bonchev–Trinajstić information content (AvgIpc) is 3.24. The Balaban J connectivity index is 1.88. The minimum atomic E-state index is -0.160. The second kappa shape index (κ2) is 5.40. The minimum absolute atomic E-state index is 0.160. The van der Waals surface area contributed by atoms with Gasteiger partial charge in [-0.05, 0) is 25.0 Å². The summed E-state index contributed by atoms with van der Waals surface area (Å²) in [7, 11) is 0. The molecule has 1 aromatic heterocycles. The lowest BCUT2D eigenvalue weighted by Gasteiger charge is -2.11. The third-order valence-corrected chi connectivity index (χ3v) is 3.09. The first kappa shape index (κ1) is 13.4. The van der Waals surface area contributed by atoms with Crippen molar-refractivity contribution in [2.75, 3.05) is 11.1 Å². The first-order chi connectivity index (χ1) is 10.1. The number of carbonyl (C=O) groups is 1. The number of rotatable bonds is 4. The van der Waals surface area contributed by atoms with Crippen molar-refractivity contribution in [1.29, 1.82) is 0 Å². The van der Waals surface area contributed by atoms with Gasteiger partial charge in [0.1, 0.15) is 11.6 Å². The molecule has 1 heterocycles.